The van der Waals surface area contributed by atoms with Crippen molar-refractivity contribution < 1.29 is 13.3 Å². The summed E-state index contributed by atoms with van der Waals surface area (Å²) in [6, 6.07) is 18.7. The molecule has 0 amide bonds. The van der Waals surface area contributed by atoms with Crippen LogP contribution in [0.1, 0.15) is 12.5 Å². The van der Waals surface area contributed by atoms with Gasteiger partial charge in [0.05, 0.1) is 16.0 Å². The van der Waals surface area contributed by atoms with E-state index in [-0.39, 0.29) is 10.6 Å². The second-order valence-corrected chi connectivity index (χ2v) is 8.31. The first kappa shape index (κ1) is 19.6. The molecule has 0 saturated heterocycles. The number of hydrazone groups is 1. The molecule has 1 N–H and O–H groups in total. The van der Waals surface area contributed by atoms with Crippen molar-refractivity contribution in [3.05, 3.63) is 82.4 Å². The highest BCUT2D eigenvalue weighted by Crippen LogP contribution is 2.29. The average molecular weight is 422 g/mol. The summed E-state index contributed by atoms with van der Waals surface area (Å²) in [6.07, 6.45) is 1.41. The first-order valence-electron chi connectivity index (χ1n) is 9.21. The van der Waals surface area contributed by atoms with Crippen molar-refractivity contribution in [2.24, 2.45) is 5.10 Å². The number of benzene rings is 3. The summed E-state index contributed by atoms with van der Waals surface area (Å²) in [5.74, 6) is 0. The third-order valence-electron chi connectivity index (χ3n) is 4.84. The lowest BCUT2D eigenvalue weighted by Gasteiger charge is -2.04. The van der Waals surface area contributed by atoms with E-state index in [2.05, 4.69) is 33.6 Å². The van der Waals surface area contributed by atoms with Crippen LogP contribution in [0.25, 0.3) is 21.8 Å². The van der Waals surface area contributed by atoms with Gasteiger partial charge in [0.1, 0.15) is 0 Å². The number of hydrogen-bond acceptors (Lipinski definition) is 5. The minimum atomic E-state index is -4.02. The molecule has 0 aliphatic heterocycles. The van der Waals surface area contributed by atoms with Gasteiger partial charge in [0.2, 0.25) is 0 Å². The summed E-state index contributed by atoms with van der Waals surface area (Å²) in [4.78, 5) is 12.1. The summed E-state index contributed by atoms with van der Waals surface area (Å²) in [7, 11) is -4.02. The highest BCUT2D eigenvalue weighted by Gasteiger charge is 2.16. The Morgan fingerprint density at radius 3 is 2.57 bits per heavy atom. The molecule has 0 fully saturated rings. The third-order valence-corrected chi connectivity index (χ3v) is 6.06. The Labute approximate surface area is 172 Å². The van der Waals surface area contributed by atoms with Crippen molar-refractivity contribution in [1.29, 1.82) is 0 Å². The molecule has 0 atom stereocenters. The minimum absolute atomic E-state index is 0.227. The molecule has 4 rings (SSSR count). The van der Waals surface area contributed by atoms with E-state index in [1.807, 2.05) is 30.3 Å². The Bertz CT molecular complexity index is 1410. The predicted molar refractivity (Wildman–Crippen MR) is 116 cm³/mol. The Morgan fingerprint density at radius 1 is 1.03 bits per heavy atom. The molecule has 1 heterocycles. The standard InChI is InChI=1S/C21H18N4O4S/c1-2-24-20-9-4-3-8-18(20)19-12-15(10-11-21(19)24)14-22-23-30(28,29)17-7-5-6-16(13-17)25(26)27/h3-14,23H,2H2,1H3. The van der Waals surface area contributed by atoms with Gasteiger partial charge in [0.25, 0.3) is 15.7 Å². The van der Waals surface area contributed by atoms with Crippen LogP contribution in [-0.2, 0) is 16.6 Å². The number of aromatic nitrogens is 1. The quantitative estimate of drug-likeness (QED) is 0.287. The number of nitrogens with zero attached hydrogens (tertiary/aromatic N) is 3. The number of para-hydroxylation sites is 1. The van der Waals surface area contributed by atoms with E-state index in [1.54, 1.807) is 0 Å². The Kier molecular flexibility index (Phi) is 4.96. The smallest absolute Gasteiger partial charge is 0.276 e. The van der Waals surface area contributed by atoms with Gasteiger partial charge in [-0.3, -0.25) is 10.1 Å². The van der Waals surface area contributed by atoms with E-state index in [4.69, 9.17) is 0 Å². The van der Waals surface area contributed by atoms with Crippen LogP contribution >= 0.6 is 0 Å². The number of fused-ring (bicyclic) bond motifs is 3. The van der Waals surface area contributed by atoms with Gasteiger partial charge >= 0.3 is 0 Å². The number of non-ortho nitro benzene ring substituents is 1. The van der Waals surface area contributed by atoms with Gasteiger partial charge in [-0.25, -0.2) is 4.83 Å². The molecule has 0 radical (unpaired) electrons. The number of sulfonamides is 1. The molecule has 0 bridgehead atoms. The Hall–Kier alpha value is -3.72. The predicted octanol–water partition coefficient (Wildman–Crippen LogP) is 4.04. The number of nitro groups is 1. The fourth-order valence-electron chi connectivity index (χ4n) is 3.48. The van der Waals surface area contributed by atoms with Crippen LogP contribution in [-0.4, -0.2) is 24.1 Å². The molecule has 1 aromatic heterocycles. The number of nitrogens with one attached hydrogen (secondary N) is 1. The molecule has 9 heteroatoms. The molecule has 0 spiro atoms. The van der Waals surface area contributed by atoms with E-state index in [0.717, 1.165) is 40.0 Å². The van der Waals surface area contributed by atoms with E-state index < -0.39 is 14.9 Å². The average Bonchev–Trinajstić information content (AvgIpc) is 3.07. The van der Waals surface area contributed by atoms with Crippen LogP contribution in [0.4, 0.5) is 5.69 Å². The molecule has 3 aromatic carbocycles. The van der Waals surface area contributed by atoms with Gasteiger partial charge in [0.15, 0.2) is 0 Å². The third kappa shape index (κ3) is 3.50. The van der Waals surface area contributed by atoms with Crippen LogP contribution in [0.3, 0.4) is 0 Å². The van der Waals surface area contributed by atoms with Crippen molar-refractivity contribution in [2.45, 2.75) is 18.4 Å². The second-order valence-electron chi connectivity index (χ2n) is 6.65. The van der Waals surface area contributed by atoms with Crippen molar-refractivity contribution in [2.75, 3.05) is 0 Å². The van der Waals surface area contributed by atoms with Crippen LogP contribution < -0.4 is 4.83 Å². The van der Waals surface area contributed by atoms with Crippen molar-refractivity contribution >= 4 is 43.7 Å². The van der Waals surface area contributed by atoms with E-state index >= 15 is 0 Å². The molecule has 4 aromatic rings. The zero-order valence-corrected chi connectivity index (χ0v) is 16.8. The lowest BCUT2D eigenvalue weighted by atomic mass is 10.1. The zero-order valence-electron chi connectivity index (χ0n) is 16.0. The maximum Gasteiger partial charge on any atom is 0.276 e. The van der Waals surface area contributed by atoms with Crippen LogP contribution in [0.2, 0.25) is 0 Å². The number of rotatable bonds is 6. The Morgan fingerprint density at radius 2 is 1.80 bits per heavy atom. The molecular weight excluding hydrogens is 404 g/mol. The molecular formula is C21H18N4O4S. The SMILES string of the molecule is CCn1c2ccccc2c2cc(C=NNS(=O)(=O)c3cccc([N+](=O)[O-])c3)ccc21. The molecule has 30 heavy (non-hydrogen) atoms. The summed E-state index contributed by atoms with van der Waals surface area (Å²) < 4.78 is 27.0. The molecule has 0 aliphatic rings. The second kappa shape index (κ2) is 7.60. The van der Waals surface area contributed by atoms with Gasteiger partial charge in [-0.05, 0) is 36.8 Å². The maximum atomic E-state index is 12.4. The maximum absolute atomic E-state index is 12.4. The van der Waals surface area contributed by atoms with Gasteiger partial charge in [-0.1, -0.05) is 30.3 Å². The molecule has 0 unspecified atom stereocenters. The zero-order chi connectivity index (χ0) is 21.3. The van der Waals surface area contributed by atoms with Crippen LogP contribution in [0.15, 0.2) is 76.7 Å². The Balaban J connectivity index is 1.63. The summed E-state index contributed by atoms with van der Waals surface area (Å²) in [6.45, 7) is 2.92. The lowest BCUT2D eigenvalue weighted by Crippen LogP contribution is -2.18. The largest absolute Gasteiger partial charge is 0.341 e. The van der Waals surface area contributed by atoms with E-state index in [9.17, 15) is 18.5 Å². The van der Waals surface area contributed by atoms with Gasteiger partial charge < -0.3 is 4.57 Å². The fraction of sp³-hybridized carbons (Fsp3) is 0.0952. The summed E-state index contributed by atoms with van der Waals surface area (Å²) in [5.41, 5.74) is 2.64. The van der Waals surface area contributed by atoms with E-state index in [0.29, 0.717) is 0 Å². The van der Waals surface area contributed by atoms with Crippen LogP contribution in [0, 0.1) is 10.1 Å². The highest BCUT2D eigenvalue weighted by molar-refractivity contribution is 7.89. The number of aryl methyl sites for hydroxylation is 1. The molecule has 8 nitrogen and oxygen atoms in total. The monoisotopic (exact) mass is 422 g/mol. The first-order chi connectivity index (χ1) is 14.4. The molecule has 0 saturated carbocycles. The number of nitro benzene ring substituents is 1. The van der Waals surface area contributed by atoms with E-state index in [1.165, 1.54) is 24.4 Å². The normalized spacial score (nSPS) is 12.0. The molecule has 0 aliphatic carbocycles. The number of hydrogen-bond donors (Lipinski definition) is 1. The van der Waals surface area contributed by atoms with Gasteiger partial charge in [0, 0.05) is 40.5 Å². The minimum Gasteiger partial charge on any atom is -0.341 e. The van der Waals surface area contributed by atoms with Gasteiger partial charge in [-0.2, -0.15) is 13.5 Å². The summed E-state index contributed by atoms with van der Waals surface area (Å²) in [5, 5.41) is 16.9. The van der Waals surface area contributed by atoms with Crippen molar-refractivity contribution in [3.8, 4) is 0 Å². The topological polar surface area (TPSA) is 107 Å². The van der Waals surface area contributed by atoms with Crippen molar-refractivity contribution in [3.63, 3.8) is 0 Å². The summed E-state index contributed by atoms with van der Waals surface area (Å²) >= 11 is 0. The van der Waals surface area contributed by atoms with Crippen molar-refractivity contribution in [1.82, 2.24) is 9.40 Å². The van der Waals surface area contributed by atoms with Gasteiger partial charge in [-0.15, -0.1) is 0 Å². The molecule has 152 valence electrons. The van der Waals surface area contributed by atoms with Crippen LogP contribution in [0.5, 0.6) is 0 Å². The fourth-order valence-corrected chi connectivity index (χ4v) is 4.31. The lowest BCUT2D eigenvalue weighted by molar-refractivity contribution is -0.385. The first-order valence-corrected chi connectivity index (χ1v) is 10.7. The highest BCUT2D eigenvalue weighted by atomic mass is 32.2.